The van der Waals surface area contributed by atoms with Crippen LogP contribution in [-0.4, -0.2) is 30.2 Å². The molecule has 0 amide bonds. The van der Waals surface area contributed by atoms with Gasteiger partial charge in [0.25, 0.3) is 0 Å². The van der Waals surface area contributed by atoms with Gasteiger partial charge in [-0.1, -0.05) is 66.7 Å². The number of carbonyl (C=O) groups is 1. The predicted octanol–water partition coefficient (Wildman–Crippen LogP) is 3.32. The molecule has 0 aliphatic carbocycles. The zero-order valence-corrected chi connectivity index (χ0v) is 15.0. The van der Waals surface area contributed by atoms with E-state index in [1.54, 1.807) is 0 Å². The first-order valence-corrected chi connectivity index (χ1v) is 8.55. The zero-order valence-electron chi connectivity index (χ0n) is 15.0. The Kier molecular flexibility index (Phi) is 9.25. The zero-order chi connectivity index (χ0) is 19.2. The third-order valence-corrected chi connectivity index (χ3v) is 3.62. The van der Waals surface area contributed by atoms with Gasteiger partial charge in [-0.05, 0) is 16.7 Å². The van der Waals surface area contributed by atoms with Gasteiger partial charge in [0, 0.05) is 0 Å². The molecule has 6 nitrogen and oxygen atoms in total. The smallest absolute Gasteiger partial charge is 0.413 e. The van der Waals surface area contributed by atoms with E-state index in [4.69, 9.17) is 19.7 Å². The minimum absolute atomic E-state index is 0.0908. The highest BCUT2D eigenvalue weighted by Crippen LogP contribution is 2.11. The van der Waals surface area contributed by atoms with Crippen LogP contribution in [0.1, 0.15) is 16.7 Å². The molecule has 0 N–H and O–H groups in total. The maximum atomic E-state index is 11.2. The molecular weight excluding hydrogens is 344 g/mol. The van der Waals surface area contributed by atoms with Crippen molar-refractivity contribution in [2.75, 3.05) is 13.2 Å². The molecule has 0 fully saturated rings. The highest BCUT2D eigenvalue weighted by molar-refractivity contribution is 6.20. The Bertz CT molecular complexity index is 784. The van der Waals surface area contributed by atoms with E-state index >= 15 is 0 Å². The lowest BCUT2D eigenvalue weighted by Crippen LogP contribution is -2.08. The maximum Gasteiger partial charge on any atom is 0.413 e. The van der Waals surface area contributed by atoms with Crippen LogP contribution < -0.4 is 0 Å². The Labute approximate surface area is 158 Å². The van der Waals surface area contributed by atoms with E-state index in [2.05, 4.69) is 4.79 Å². The first-order chi connectivity index (χ1) is 13.3. The molecule has 140 valence electrons. The van der Waals surface area contributed by atoms with Crippen molar-refractivity contribution in [3.8, 4) is 0 Å². The standard InChI is InChI=1S/C21H22N2O4/c22-23-14-21(24)27-17-20-11-5-4-10-19(20)16-26-13-7-6-12-25-15-18-8-2-1-3-9-18/h1-11,14H,12-13,15-17H2/b7-6+. The van der Waals surface area contributed by atoms with E-state index in [9.17, 15) is 4.79 Å². The van der Waals surface area contributed by atoms with Gasteiger partial charge in [-0.15, -0.1) is 0 Å². The summed E-state index contributed by atoms with van der Waals surface area (Å²) < 4.78 is 16.2. The van der Waals surface area contributed by atoms with Crippen LogP contribution in [0.4, 0.5) is 0 Å². The molecule has 0 unspecified atom stereocenters. The molecule has 0 spiro atoms. The van der Waals surface area contributed by atoms with Crippen molar-refractivity contribution in [1.82, 2.24) is 0 Å². The first-order valence-electron chi connectivity index (χ1n) is 8.55. The lowest BCUT2D eigenvalue weighted by molar-refractivity contribution is -0.140. The van der Waals surface area contributed by atoms with E-state index in [1.165, 1.54) is 0 Å². The van der Waals surface area contributed by atoms with Crippen LogP contribution in [0.5, 0.6) is 0 Å². The number of esters is 1. The molecule has 0 aliphatic heterocycles. The second kappa shape index (κ2) is 12.3. The molecule has 6 heteroatoms. The fourth-order valence-corrected chi connectivity index (χ4v) is 2.26. The van der Waals surface area contributed by atoms with Crippen molar-refractivity contribution in [3.05, 3.63) is 89.0 Å². The van der Waals surface area contributed by atoms with Crippen molar-refractivity contribution < 1.29 is 23.8 Å². The first kappa shape index (κ1) is 20.3. The maximum absolute atomic E-state index is 11.2. The summed E-state index contributed by atoms with van der Waals surface area (Å²) in [7, 11) is 0. The lowest BCUT2D eigenvalue weighted by atomic mass is 10.1. The summed E-state index contributed by atoms with van der Waals surface area (Å²) in [5.74, 6) is -0.702. The summed E-state index contributed by atoms with van der Waals surface area (Å²) in [6, 6.07) is 17.5. The number of ether oxygens (including phenoxy) is 3. The Hall–Kier alpha value is -3.05. The normalized spacial score (nSPS) is 10.5. The second-order valence-electron chi connectivity index (χ2n) is 5.61. The van der Waals surface area contributed by atoms with Gasteiger partial charge >= 0.3 is 12.2 Å². The summed E-state index contributed by atoms with van der Waals surface area (Å²) in [6.45, 7) is 2.06. The molecule has 0 atom stereocenters. The van der Waals surface area contributed by atoms with Gasteiger partial charge in [0.2, 0.25) is 0 Å². The quantitative estimate of drug-likeness (QED) is 0.153. The molecule has 0 radical (unpaired) electrons. The monoisotopic (exact) mass is 366 g/mol. The molecule has 0 heterocycles. The topological polar surface area (TPSA) is 81.2 Å². The fourth-order valence-electron chi connectivity index (χ4n) is 2.26. The minimum Gasteiger partial charge on any atom is -0.452 e. The van der Waals surface area contributed by atoms with E-state index in [0.29, 0.717) is 32.6 Å². The molecule has 27 heavy (non-hydrogen) atoms. The number of hydrogen-bond donors (Lipinski definition) is 0. The Balaban J connectivity index is 1.66. The number of benzene rings is 2. The summed E-state index contributed by atoms with van der Waals surface area (Å²) in [6.07, 6.45) is 4.54. The molecule has 0 aliphatic rings. The summed E-state index contributed by atoms with van der Waals surface area (Å²) in [4.78, 5) is 13.9. The molecule has 2 rings (SSSR count). The van der Waals surface area contributed by atoms with Gasteiger partial charge in [-0.2, -0.15) is 4.79 Å². The van der Waals surface area contributed by atoms with Crippen molar-refractivity contribution in [2.45, 2.75) is 19.8 Å². The molecule has 0 saturated carbocycles. The molecule has 2 aromatic rings. The van der Waals surface area contributed by atoms with E-state index in [0.717, 1.165) is 16.7 Å². The Morgan fingerprint density at radius 1 is 0.852 bits per heavy atom. The van der Waals surface area contributed by atoms with Gasteiger partial charge in [0.05, 0.1) is 26.4 Å². The molecule has 0 bridgehead atoms. The fraction of sp³-hybridized carbons (Fsp3) is 0.238. The second-order valence-corrected chi connectivity index (χ2v) is 5.61. The number of carbonyl (C=O) groups excluding carboxylic acids is 1. The number of hydrogen-bond acceptors (Lipinski definition) is 4. The highest BCUT2D eigenvalue weighted by atomic mass is 16.5. The van der Waals surface area contributed by atoms with Crippen LogP contribution in [0.2, 0.25) is 0 Å². The molecule has 0 saturated heterocycles. The van der Waals surface area contributed by atoms with Gasteiger partial charge < -0.3 is 19.7 Å². The average Bonchev–Trinajstić information content (AvgIpc) is 2.70. The number of nitrogens with zero attached hydrogens (tertiary/aromatic N) is 2. The third-order valence-electron chi connectivity index (χ3n) is 3.62. The average molecular weight is 366 g/mol. The van der Waals surface area contributed by atoms with Gasteiger partial charge in [-0.25, -0.2) is 4.79 Å². The molecule has 2 aromatic carbocycles. The van der Waals surface area contributed by atoms with Crippen LogP contribution in [0.3, 0.4) is 0 Å². The minimum atomic E-state index is -0.702. The predicted molar refractivity (Wildman–Crippen MR) is 101 cm³/mol. The van der Waals surface area contributed by atoms with Crippen molar-refractivity contribution in [2.24, 2.45) is 0 Å². The van der Waals surface area contributed by atoms with Crippen molar-refractivity contribution >= 4 is 12.2 Å². The number of rotatable bonds is 11. The van der Waals surface area contributed by atoms with Gasteiger partial charge in [0.15, 0.2) is 0 Å². The molecule has 0 aromatic heterocycles. The van der Waals surface area contributed by atoms with Crippen molar-refractivity contribution in [1.29, 1.82) is 0 Å². The summed E-state index contributed by atoms with van der Waals surface area (Å²) in [5, 5.41) is 0. The van der Waals surface area contributed by atoms with Gasteiger partial charge in [0.1, 0.15) is 6.61 Å². The largest absolute Gasteiger partial charge is 0.452 e. The highest BCUT2D eigenvalue weighted by Gasteiger charge is 2.07. The SMILES string of the molecule is [N-]=[N+]=CC(=O)OCc1ccccc1COC/C=C/COCc1ccccc1. The van der Waals surface area contributed by atoms with Crippen molar-refractivity contribution in [3.63, 3.8) is 0 Å². The van der Waals surface area contributed by atoms with Crippen LogP contribution in [0.25, 0.3) is 5.53 Å². The van der Waals surface area contributed by atoms with E-state index in [-0.39, 0.29) is 6.61 Å². The van der Waals surface area contributed by atoms with Crippen LogP contribution in [0.15, 0.2) is 66.7 Å². The Morgan fingerprint density at radius 3 is 2.11 bits per heavy atom. The van der Waals surface area contributed by atoms with Crippen LogP contribution in [-0.2, 0) is 38.8 Å². The summed E-state index contributed by atoms with van der Waals surface area (Å²) >= 11 is 0. The lowest BCUT2D eigenvalue weighted by Gasteiger charge is -2.08. The third kappa shape index (κ3) is 8.25. The van der Waals surface area contributed by atoms with Gasteiger partial charge in [-0.3, -0.25) is 0 Å². The molecular formula is C21H22N2O4. The van der Waals surface area contributed by atoms with Crippen LogP contribution in [0, 0.1) is 0 Å². The Morgan fingerprint density at radius 2 is 1.44 bits per heavy atom. The van der Waals surface area contributed by atoms with E-state index < -0.39 is 5.97 Å². The van der Waals surface area contributed by atoms with E-state index in [1.807, 2.05) is 66.7 Å². The summed E-state index contributed by atoms with van der Waals surface area (Å²) in [5.41, 5.74) is 11.2. The van der Waals surface area contributed by atoms with Crippen LogP contribution >= 0.6 is 0 Å².